The van der Waals surface area contributed by atoms with Gasteiger partial charge < -0.3 is 20.3 Å². The van der Waals surface area contributed by atoms with E-state index >= 15 is 0 Å². The molecule has 0 fully saturated rings. The summed E-state index contributed by atoms with van der Waals surface area (Å²) < 4.78 is 5.90. The highest BCUT2D eigenvalue weighted by molar-refractivity contribution is 5.77. The topological polar surface area (TPSA) is 95.9 Å². The van der Waals surface area contributed by atoms with E-state index in [4.69, 9.17) is 4.74 Å². The molecule has 3 atom stereocenters. The number of rotatable bonds is 44. The van der Waals surface area contributed by atoms with E-state index in [-0.39, 0.29) is 24.9 Å². The zero-order chi connectivity index (χ0) is 41.7. The predicted octanol–water partition coefficient (Wildman–Crippen LogP) is 14.5. The van der Waals surface area contributed by atoms with E-state index < -0.39 is 18.2 Å². The lowest BCUT2D eigenvalue weighted by molar-refractivity contribution is -0.151. The van der Waals surface area contributed by atoms with Gasteiger partial charge in [0.15, 0.2) is 0 Å². The van der Waals surface area contributed by atoms with Crippen LogP contribution in [0.2, 0.25) is 0 Å². The third-order valence-corrected chi connectivity index (χ3v) is 11.2. The van der Waals surface area contributed by atoms with Gasteiger partial charge in [-0.15, -0.1) is 0 Å². The second-order valence-electron chi connectivity index (χ2n) is 16.9. The number of hydrogen-bond donors (Lipinski definition) is 3. The van der Waals surface area contributed by atoms with Crippen LogP contribution in [0.25, 0.3) is 0 Å². The van der Waals surface area contributed by atoms with Crippen molar-refractivity contribution in [3.8, 4) is 0 Å². The SMILES string of the molecule is CCCCC/C=C\C/C=C\CCCCCCCCCC(=O)OC(CCC/C=C\CCCCCCCCC)CC(=O)NC(CO)C(O)CCCCCCCCCCC. The fourth-order valence-corrected chi connectivity index (χ4v) is 7.40. The van der Waals surface area contributed by atoms with Crippen LogP contribution in [0.3, 0.4) is 0 Å². The highest BCUT2D eigenvalue weighted by Crippen LogP contribution is 2.17. The molecule has 6 nitrogen and oxygen atoms in total. The fourth-order valence-electron chi connectivity index (χ4n) is 7.40. The summed E-state index contributed by atoms with van der Waals surface area (Å²) in [5.74, 6) is -0.508. The molecule has 0 aromatic rings. The minimum Gasteiger partial charge on any atom is -0.462 e. The van der Waals surface area contributed by atoms with Crippen molar-refractivity contribution in [3.05, 3.63) is 36.5 Å². The lowest BCUT2D eigenvalue weighted by Gasteiger charge is -2.24. The average Bonchev–Trinajstić information content (AvgIpc) is 3.20. The molecule has 3 unspecified atom stereocenters. The number of ether oxygens (including phenoxy) is 1. The van der Waals surface area contributed by atoms with Crippen LogP contribution in [-0.4, -0.2) is 46.9 Å². The van der Waals surface area contributed by atoms with Gasteiger partial charge in [-0.25, -0.2) is 0 Å². The Morgan fingerprint density at radius 2 is 0.912 bits per heavy atom. The van der Waals surface area contributed by atoms with Crippen LogP contribution < -0.4 is 5.32 Å². The lowest BCUT2D eigenvalue weighted by atomic mass is 10.0. The Morgan fingerprint density at radius 1 is 0.509 bits per heavy atom. The quantitative estimate of drug-likeness (QED) is 0.0324. The molecule has 334 valence electrons. The van der Waals surface area contributed by atoms with Crippen LogP contribution in [0.5, 0.6) is 0 Å². The third kappa shape index (κ3) is 40.6. The Morgan fingerprint density at radius 3 is 1.42 bits per heavy atom. The van der Waals surface area contributed by atoms with Crippen LogP contribution in [0.4, 0.5) is 0 Å². The number of aliphatic hydroxyl groups excluding tert-OH is 2. The first-order valence-electron chi connectivity index (χ1n) is 24.7. The monoisotopic (exact) mass is 802 g/mol. The first kappa shape index (κ1) is 55.1. The molecule has 0 aromatic carbocycles. The van der Waals surface area contributed by atoms with Gasteiger partial charge in [0.05, 0.1) is 25.2 Å². The van der Waals surface area contributed by atoms with Crippen LogP contribution in [-0.2, 0) is 14.3 Å². The maximum absolute atomic E-state index is 13.1. The number of aliphatic hydroxyl groups is 2. The largest absolute Gasteiger partial charge is 0.462 e. The van der Waals surface area contributed by atoms with E-state index in [1.54, 1.807) is 0 Å². The smallest absolute Gasteiger partial charge is 0.306 e. The molecular formula is C51H95NO5. The Labute approximate surface area is 353 Å². The van der Waals surface area contributed by atoms with Gasteiger partial charge in [-0.2, -0.15) is 0 Å². The molecule has 0 radical (unpaired) electrons. The molecule has 0 aromatic heterocycles. The highest BCUT2D eigenvalue weighted by Gasteiger charge is 2.24. The average molecular weight is 802 g/mol. The summed E-state index contributed by atoms with van der Waals surface area (Å²) >= 11 is 0. The van der Waals surface area contributed by atoms with Gasteiger partial charge >= 0.3 is 5.97 Å². The summed E-state index contributed by atoms with van der Waals surface area (Å²) in [6.45, 7) is 6.42. The zero-order valence-corrected chi connectivity index (χ0v) is 38.0. The number of unbranched alkanes of at least 4 members (excludes halogenated alkanes) is 26. The van der Waals surface area contributed by atoms with E-state index in [1.807, 2.05) is 0 Å². The minimum atomic E-state index is -0.791. The summed E-state index contributed by atoms with van der Waals surface area (Å²) in [5, 5.41) is 23.6. The number of esters is 1. The molecular weight excluding hydrogens is 707 g/mol. The fraction of sp³-hybridized carbons (Fsp3) is 0.843. The molecule has 0 spiro atoms. The van der Waals surface area contributed by atoms with Crippen molar-refractivity contribution in [2.75, 3.05) is 6.61 Å². The maximum atomic E-state index is 13.1. The van der Waals surface area contributed by atoms with E-state index in [0.717, 1.165) is 70.6 Å². The molecule has 0 aliphatic carbocycles. The van der Waals surface area contributed by atoms with Crippen LogP contribution in [0.15, 0.2) is 36.5 Å². The first-order valence-corrected chi connectivity index (χ1v) is 24.7. The highest BCUT2D eigenvalue weighted by atomic mass is 16.5. The molecule has 0 rings (SSSR count). The van der Waals surface area contributed by atoms with Crippen molar-refractivity contribution < 1.29 is 24.5 Å². The molecule has 3 N–H and O–H groups in total. The van der Waals surface area contributed by atoms with Gasteiger partial charge in [0.2, 0.25) is 5.91 Å². The molecule has 0 heterocycles. The molecule has 0 aliphatic heterocycles. The summed E-state index contributed by atoms with van der Waals surface area (Å²) in [5.41, 5.74) is 0. The second kappa shape index (κ2) is 45.2. The van der Waals surface area contributed by atoms with E-state index in [0.29, 0.717) is 19.3 Å². The molecule has 0 saturated carbocycles. The van der Waals surface area contributed by atoms with Crippen molar-refractivity contribution in [1.29, 1.82) is 0 Å². The van der Waals surface area contributed by atoms with E-state index in [9.17, 15) is 19.8 Å². The predicted molar refractivity (Wildman–Crippen MR) is 246 cm³/mol. The van der Waals surface area contributed by atoms with Gasteiger partial charge in [0.25, 0.3) is 0 Å². The van der Waals surface area contributed by atoms with Gasteiger partial charge in [-0.1, -0.05) is 198 Å². The number of allylic oxidation sites excluding steroid dienone is 6. The number of carbonyl (C=O) groups is 2. The minimum absolute atomic E-state index is 0.0552. The standard InChI is InChI=1S/C51H95NO5/c1-4-7-10-13-16-19-21-23-24-25-26-27-29-32-35-38-41-44-51(56)57-47(42-39-36-33-31-28-22-20-17-14-11-8-5-2)45-50(55)52-48(46-53)49(54)43-40-37-34-30-18-15-12-9-6-3/h16,19,23-24,31,33,47-49,53-54H,4-15,17-18,20-22,25-30,32,34-46H2,1-3H3,(H,52,55)/b19-16-,24-23-,33-31-. The van der Waals surface area contributed by atoms with Gasteiger partial charge in [0, 0.05) is 6.42 Å². The maximum Gasteiger partial charge on any atom is 0.306 e. The van der Waals surface area contributed by atoms with Gasteiger partial charge in [-0.05, 0) is 77.0 Å². The molecule has 1 amide bonds. The van der Waals surface area contributed by atoms with Crippen molar-refractivity contribution >= 4 is 11.9 Å². The van der Waals surface area contributed by atoms with E-state index in [2.05, 4.69) is 62.5 Å². The second-order valence-corrected chi connectivity index (χ2v) is 16.9. The van der Waals surface area contributed by atoms with Crippen molar-refractivity contribution in [3.63, 3.8) is 0 Å². The molecule has 0 aliphatic rings. The molecule has 0 saturated heterocycles. The molecule has 57 heavy (non-hydrogen) atoms. The Hall–Kier alpha value is -1.92. The summed E-state index contributed by atoms with van der Waals surface area (Å²) in [6, 6.07) is -0.707. The Kier molecular flexibility index (Phi) is 43.6. The van der Waals surface area contributed by atoms with Crippen molar-refractivity contribution in [2.24, 2.45) is 0 Å². The first-order chi connectivity index (χ1) is 28.0. The normalized spacial score (nSPS) is 13.6. The Balaban J connectivity index is 4.57. The summed E-state index contributed by atoms with van der Waals surface area (Å²) in [7, 11) is 0. The van der Waals surface area contributed by atoms with Crippen LogP contribution in [0, 0.1) is 0 Å². The summed E-state index contributed by atoms with van der Waals surface area (Å²) in [6.07, 6.45) is 52.1. The lowest BCUT2D eigenvalue weighted by Crippen LogP contribution is -2.46. The molecule has 6 heteroatoms. The molecule has 0 bridgehead atoms. The van der Waals surface area contributed by atoms with Gasteiger partial charge in [0.1, 0.15) is 6.10 Å². The number of amides is 1. The number of hydrogen-bond acceptors (Lipinski definition) is 5. The zero-order valence-electron chi connectivity index (χ0n) is 38.0. The van der Waals surface area contributed by atoms with Crippen LogP contribution >= 0.6 is 0 Å². The van der Waals surface area contributed by atoms with Gasteiger partial charge in [-0.3, -0.25) is 9.59 Å². The summed E-state index contributed by atoms with van der Waals surface area (Å²) in [4.78, 5) is 26.0. The van der Waals surface area contributed by atoms with Crippen LogP contribution in [0.1, 0.15) is 252 Å². The van der Waals surface area contributed by atoms with Crippen molar-refractivity contribution in [2.45, 2.75) is 270 Å². The number of carbonyl (C=O) groups excluding carboxylic acids is 2. The third-order valence-electron chi connectivity index (χ3n) is 11.2. The Bertz CT molecular complexity index is 946. The number of nitrogens with one attached hydrogen (secondary N) is 1. The van der Waals surface area contributed by atoms with E-state index in [1.165, 1.54) is 135 Å². The van der Waals surface area contributed by atoms with Crippen molar-refractivity contribution in [1.82, 2.24) is 5.32 Å².